The minimum absolute atomic E-state index is 0.0341. The Labute approximate surface area is 484 Å². The van der Waals surface area contributed by atoms with E-state index >= 15 is 0 Å². The zero-order valence-electron chi connectivity index (χ0n) is 48.9. The Morgan fingerprint density at radius 3 is 1.89 bits per heavy atom. The number of amides is 2. The zero-order chi connectivity index (χ0) is 60.2. The first-order chi connectivity index (χ1) is 38.1. The van der Waals surface area contributed by atoms with Gasteiger partial charge in [-0.1, -0.05) is 182 Å². The van der Waals surface area contributed by atoms with Gasteiger partial charge in [-0.2, -0.15) is 4.31 Å². The van der Waals surface area contributed by atoms with E-state index in [0.717, 1.165) is 30.1 Å². The van der Waals surface area contributed by atoms with Crippen molar-refractivity contribution in [3.05, 3.63) is 12.7 Å². The molecule has 81 heavy (non-hydrogen) atoms. The number of aliphatic hydroxyl groups is 2. The Hall–Kier alpha value is -2.44. The van der Waals surface area contributed by atoms with Gasteiger partial charge in [0, 0.05) is 36.6 Å². The number of nitrogens with two attached hydrogens (primary N) is 1. The molecule has 468 valence electrons. The molecular formula is C53H98N7O17P3S. The smallest absolute Gasteiger partial charge is 0.386 e. The van der Waals surface area contributed by atoms with Crippen LogP contribution in [0.15, 0.2) is 12.7 Å². The van der Waals surface area contributed by atoms with Crippen molar-refractivity contribution < 1.29 is 80.5 Å². The fourth-order valence-corrected chi connectivity index (χ4v) is 13.8. The van der Waals surface area contributed by atoms with Crippen LogP contribution in [0.4, 0.5) is 5.82 Å². The molecular weight excluding hydrogens is 1130 g/mol. The number of imidazole rings is 1. The number of thioether (sulfide) groups is 1. The highest BCUT2D eigenvalue weighted by Crippen LogP contribution is 2.61. The van der Waals surface area contributed by atoms with Crippen molar-refractivity contribution in [2.24, 2.45) is 29.1 Å². The van der Waals surface area contributed by atoms with Crippen molar-refractivity contribution in [1.82, 2.24) is 30.2 Å². The second kappa shape index (κ2) is 37.2. The molecule has 28 heteroatoms. The largest absolute Gasteiger partial charge is 0.481 e. The third kappa shape index (κ3) is 29.0. The first-order valence-corrected chi connectivity index (χ1v) is 34.7. The van der Waals surface area contributed by atoms with Gasteiger partial charge in [0.05, 0.1) is 19.5 Å². The number of carbonyl (C=O) groups excluding carboxylic acids is 3. The monoisotopic (exact) mass is 1230 g/mol. The number of aliphatic hydroxyl groups excluding tert-OH is 2. The molecule has 1 aliphatic rings. The predicted octanol–water partition coefficient (Wildman–Crippen LogP) is 9.81. The summed E-state index contributed by atoms with van der Waals surface area (Å²) >= 11 is 1.17. The molecule has 1 saturated heterocycles. The molecule has 0 aromatic carbocycles. The van der Waals surface area contributed by atoms with Crippen LogP contribution in [0.3, 0.4) is 0 Å². The summed E-state index contributed by atoms with van der Waals surface area (Å²) in [6.45, 7) is 11.7. The summed E-state index contributed by atoms with van der Waals surface area (Å²) in [7, 11) is -16.4. The Morgan fingerprint density at radius 1 is 0.765 bits per heavy atom. The number of hydrogen-bond donors (Lipinski definition) is 9. The van der Waals surface area contributed by atoms with Crippen molar-refractivity contribution in [2.45, 2.75) is 227 Å². The van der Waals surface area contributed by atoms with E-state index in [0.29, 0.717) is 23.5 Å². The highest BCUT2D eigenvalue weighted by atomic mass is 32.2. The van der Waals surface area contributed by atoms with Gasteiger partial charge in [-0.3, -0.25) is 32.5 Å². The van der Waals surface area contributed by atoms with E-state index in [1.807, 2.05) is 6.92 Å². The topological polar surface area (TPSA) is 364 Å². The maximum absolute atomic E-state index is 12.9. The van der Waals surface area contributed by atoms with Crippen LogP contribution in [-0.4, -0.2) is 123 Å². The Bertz CT molecular complexity index is 2320. The van der Waals surface area contributed by atoms with E-state index in [2.05, 4.69) is 62.1 Å². The standard InChI is InChI=1S/C53H98N7O17P3S/c1-8-9-10-11-12-13-14-15-16-17-18-19-20-21-22-23-24-25-26-38(2)31-39(3)32-40(4)33-41(5)52(65)81-30-29-55-43(61)27-28-56-50(64)47(63)53(6,7)35-74-80(71,72)77-79(69,70)73-34-42-46(76-78(66,67)68)45(62)51(75-42)60-37-59-44-48(54)57-36-58-49(44)60/h36-42,45-47,51,62-63H,8-35H2,1-7H3,(H,55,61)(H,56,64)(H,69,70)(H,71,72)(H2,54,57,58)(H2,66,67,68)/t38-,39-,40-,41-,42-,45-,46-,47+,51-/m1/s1. The van der Waals surface area contributed by atoms with Crippen LogP contribution in [-0.2, 0) is 50.7 Å². The molecule has 2 amide bonds. The number of unbranched alkanes of at least 4 members (excludes halogenated alkanes) is 17. The molecule has 0 radical (unpaired) electrons. The number of nitrogens with one attached hydrogen (secondary N) is 2. The van der Waals surface area contributed by atoms with E-state index in [9.17, 15) is 57.9 Å². The van der Waals surface area contributed by atoms with Gasteiger partial charge in [0.15, 0.2) is 22.8 Å². The fraction of sp³-hybridized carbons (Fsp3) is 0.849. The number of rotatable bonds is 45. The number of ether oxygens (including phenoxy) is 1. The zero-order valence-corrected chi connectivity index (χ0v) is 52.4. The molecule has 0 spiro atoms. The minimum atomic E-state index is -5.59. The average Bonchev–Trinajstić information content (AvgIpc) is 4.10. The van der Waals surface area contributed by atoms with Crippen molar-refractivity contribution in [2.75, 3.05) is 37.8 Å². The lowest BCUT2D eigenvalue weighted by Crippen LogP contribution is -2.46. The van der Waals surface area contributed by atoms with Crippen LogP contribution in [0, 0.1) is 29.1 Å². The number of aromatic nitrogens is 4. The van der Waals surface area contributed by atoms with Crippen molar-refractivity contribution in [3.8, 4) is 0 Å². The van der Waals surface area contributed by atoms with E-state index in [1.165, 1.54) is 154 Å². The third-order valence-corrected chi connectivity index (χ3v) is 18.8. The lowest BCUT2D eigenvalue weighted by atomic mass is 9.84. The molecule has 0 saturated carbocycles. The van der Waals surface area contributed by atoms with Crippen LogP contribution < -0.4 is 16.4 Å². The first kappa shape index (κ1) is 72.8. The summed E-state index contributed by atoms with van der Waals surface area (Å²) in [5.41, 5.74) is 4.30. The molecule has 3 heterocycles. The summed E-state index contributed by atoms with van der Waals surface area (Å²) in [6, 6.07) is 0. The Kier molecular flexibility index (Phi) is 33.4. The first-order valence-electron chi connectivity index (χ1n) is 29.2. The molecule has 11 atom stereocenters. The van der Waals surface area contributed by atoms with Gasteiger partial charge >= 0.3 is 23.5 Å². The molecule has 2 aromatic heterocycles. The molecule has 2 unspecified atom stereocenters. The summed E-state index contributed by atoms with van der Waals surface area (Å²) in [5, 5.41) is 26.9. The van der Waals surface area contributed by atoms with Crippen LogP contribution in [0.25, 0.3) is 11.2 Å². The molecule has 0 aliphatic carbocycles. The third-order valence-electron chi connectivity index (χ3n) is 14.6. The van der Waals surface area contributed by atoms with E-state index in [-0.39, 0.29) is 47.5 Å². The summed E-state index contributed by atoms with van der Waals surface area (Å²) in [5.74, 6) is 0.526. The van der Waals surface area contributed by atoms with Crippen molar-refractivity contribution in [1.29, 1.82) is 0 Å². The summed E-state index contributed by atoms with van der Waals surface area (Å²) in [6.07, 6.45) is 22.4. The lowest BCUT2D eigenvalue weighted by Gasteiger charge is -2.30. The Morgan fingerprint density at radius 2 is 1.31 bits per heavy atom. The summed E-state index contributed by atoms with van der Waals surface area (Å²) < 4.78 is 62.8. The number of phosphoric acid groups is 3. The fourth-order valence-electron chi connectivity index (χ4n) is 10.2. The van der Waals surface area contributed by atoms with Gasteiger partial charge < -0.3 is 50.9 Å². The van der Waals surface area contributed by atoms with Crippen LogP contribution in [0.5, 0.6) is 0 Å². The predicted molar refractivity (Wildman–Crippen MR) is 311 cm³/mol. The van der Waals surface area contributed by atoms with Crippen LogP contribution in [0.1, 0.15) is 202 Å². The number of phosphoric ester groups is 3. The number of hydrogen-bond acceptors (Lipinski definition) is 18. The van der Waals surface area contributed by atoms with Crippen LogP contribution in [0.2, 0.25) is 0 Å². The van der Waals surface area contributed by atoms with E-state index in [4.69, 9.17) is 19.5 Å². The SMILES string of the molecule is CCCCCCCCCCCCCCCCCCCC[C@@H](C)C[C@@H](C)C[C@@H](C)C[C@@H](C)C(=O)SCCNC(=O)CCNC(=O)[C@H](O)C(C)(C)COP(=O)(O)OP(=O)(O)OC[C@H]1O[C@@H](n2cnc3c(N)ncnc32)[C@H](O)[C@@H]1OP(=O)(O)O. The molecule has 10 N–H and O–H groups in total. The van der Waals surface area contributed by atoms with Gasteiger partial charge in [-0.15, -0.1) is 0 Å². The second-order valence-electron chi connectivity index (χ2n) is 23.0. The maximum atomic E-state index is 12.9. The molecule has 2 aromatic rings. The lowest BCUT2D eigenvalue weighted by molar-refractivity contribution is -0.137. The summed E-state index contributed by atoms with van der Waals surface area (Å²) in [4.78, 5) is 89.7. The molecule has 1 aliphatic heterocycles. The molecule has 1 fully saturated rings. The molecule has 0 bridgehead atoms. The van der Waals surface area contributed by atoms with Gasteiger partial charge in [-0.05, 0) is 37.0 Å². The minimum Gasteiger partial charge on any atom is -0.386 e. The number of nitrogens with zero attached hydrogens (tertiary/aromatic N) is 4. The van der Waals surface area contributed by atoms with Crippen molar-refractivity contribution in [3.63, 3.8) is 0 Å². The quantitative estimate of drug-likeness (QED) is 0.0220. The van der Waals surface area contributed by atoms with Gasteiger partial charge in [0.25, 0.3) is 0 Å². The number of carbonyl (C=O) groups is 3. The Balaban J connectivity index is 1.24. The van der Waals surface area contributed by atoms with Crippen molar-refractivity contribution >= 4 is 69.1 Å². The number of fused-ring (bicyclic) bond motifs is 1. The normalized spacial score (nSPS) is 20.3. The number of anilines is 1. The maximum Gasteiger partial charge on any atom is 0.481 e. The molecule has 3 rings (SSSR count). The number of nitrogen functional groups attached to an aromatic ring is 1. The van der Waals surface area contributed by atoms with Crippen LogP contribution >= 0.6 is 35.2 Å². The second-order valence-corrected chi connectivity index (χ2v) is 28.3. The van der Waals surface area contributed by atoms with Gasteiger partial charge in [0.1, 0.15) is 36.3 Å². The highest BCUT2D eigenvalue weighted by Gasteiger charge is 2.50. The van der Waals surface area contributed by atoms with Gasteiger partial charge in [-0.25, -0.2) is 28.6 Å². The highest BCUT2D eigenvalue weighted by molar-refractivity contribution is 8.13. The molecule has 24 nitrogen and oxygen atoms in total. The average molecular weight is 1230 g/mol. The van der Waals surface area contributed by atoms with Gasteiger partial charge in [0.2, 0.25) is 11.8 Å². The van der Waals surface area contributed by atoms with E-state index in [1.54, 1.807) is 0 Å². The van der Waals surface area contributed by atoms with E-state index < -0.39 is 84.6 Å².